The van der Waals surface area contributed by atoms with E-state index in [1.807, 2.05) is 32.0 Å². The van der Waals surface area contributed by atoms with Crippen LogP contribution in [0.5, 0.6) is 5.75 Å². The van der Waals surface area contributed by atoms with Gasteiger partial charge in [0.05, 0.1) is 12.8 Å². The Balaban J connectivity index is 1.78. The van der Waals surface area contributed by atoms with Gasteiger partial charge in [-0.25, -0.2) is 0 Å². The van der Waals surface area contributed by atoms with Crippen molar-refractivity contribution in [3.63, 3.8) is 0 Å². The maximum atomic E-state index is 12.3. The van der Waals surface area contributed by atoms with Crippen molar-refractivity contribution in [3.8, 4) is 5.75 Å². The van der Waals surface area contributed by atoms with Gasteiger partial charge in [-0.1, -0.05) is 12.1 Å². The summed E-state index contributed by atoms with van der Waals surface area (Å²) in [7, 11) is 1.62. The van der Waals surface area contributed by atoms with Crippen LogP contribution in [0.2, 0.25) is 0 Å². The van der Waals surface area contributed by atoms with Crippen LogP contribution in [0.15, 0.2) is 36.4 Å². The number of benzene rings is 2. The van der Waals surface area contributed by atoms with Gasteiger partial charge >= 0.3 is 0 Å². The molecule has 0 bridgehead atoms. The standard InChI is InChI=1S/C21H25N3O2S/c1-14-7-8-15(2)17(12-14)23-21(27)22-16-9-10-19(26-3)18(13-16)24-11-5-4-6-20(24)25/h7-10,12-13H,4-6,11H2,1-3H3,(H2,22,23,27). The second-order valence-electron chi connectivity index (χ2n) is 6.79. The lowest BCUT2D eigenvalue weighted by molar-refractivity contribution is -0.119. The third-order valence-corrected chi connectivity index (χ3v) is 4.90. The largest absolute Gasteiger partial charge is 0.495 e. The Kier molecular flexibility index (Phi) is 5.96. The van der Waals surface area contributed by atoms with Crippen molar-refractivity contribution in [1.29, 1.82) is 0 Å². The lowest BCUT2D eigenvalue weighted by Gasteiger charge is -2.28. The molecule has 5 nitrogen and oxygen atoms in total. The van der Waals surface area contributed by atoms with Gasteiger partial charge in [-0.3, -0.25) is 4.79 Å². The molecule has 1 fully saturated rings. The molecule has 0 aliphatic carbocycles. The third-order valence-electron chi connectivity index (χ3n) is 4.69. The molecule has 2 aromatic carbocycles. The highest BCUT2D eigenvalue weighted by atomic mass is 32.1. The number of amides is 1. The summed E-state index contributed by atoms with van der Waals surface area (Å²) < 4.78 is 5.46. The molecule has 1 amide bonds. The lowest BCUT2D eigenvalue weighted by atomic mass is 10.1. The van der Waals surface area contributed by atoms with Gasteiger partial charge in [-0.2, -0.15) is 0 Å². The van der Waals surface area contributed by atoms with Crippen molar-refractivity contribution in [2.24, 2.45) is 0 Å². The van der Waals surface area contributed by atoms with Gasteiger partial charge in [0.2, 0.25) is 5.91 Å². The van der Waals surface area contributed by atoms with Crippen LogP contribution in [0.3, 0.4) is 0 Å². The summed E-state index contributed by atoms with van der Waals surface area (Å²) in [5.74, 6) is 0.817. The van der Waals surface area contributed by atoms with E-state index in [1.165, 1.54) is 5.56 Å². The van der Waals surface area contributed by atoms with Crippen LogP contribution >= 0.6 is 12.2 Å². The first-order valence-corrected chi connectivity index (χ1v) is 9.52. The molecule has 1 heterocycles. The van der Waals surface area contributed by atoms with Crippen molar-refractivity contribution in [3.05, 3.63) is 47.5 Å². The zero-order chi connectivity index (χ0) is 19.4. The van der Waals surface area contributed by atoms with E-state index in [1.54, 1.807) is 12.0 Å². The van der Waals surface area contributed by atoms with Gasteiger partial charge < -0.3 is 20.3 Å². The first-order valence-electron chi connectivity index (χ1n) is 9.11. The van der Waals surface area contributed by atoms with Gasteiger partial charge in [0.15, 0.2) is 5.11 Å². The molecule has 27 heavy (non-hydrogen) atoms. The Labute approximate surface area is 165 Å². The van der Waals surface area contributed by atoms with E-state index in [4.69, 9.17) is 17.0 Å². The molecular formula is C21H25N3O2S. The molecule has 0 spiro atoms. The van der Waals surface area contributed by atoms with E-state index in [-0.39, 0.29) is 5.91 Å². The smallest absolute Gasteiger partial charge is 0.227 e. The van der Waals surface area contributed by atoms with Gasteiger partial charge in [0.1, 0.15) is 5.75 Å². The minimum atomic E-state index is 0.132. The minimum absolute atomic E-state index is 0.132. The van der Waals surface area contributed by atoms with Crippen molar-refractivity contribution in [1.82, 2.24) is 0 Å². The molecular weight excluding hydrogens is 358 g/mol. The monoisotopic (exact) mass is 383 g/mol. The van der Waals surface area contributed by atoms with Gasteiger partial charge in [0.25, 0.3) is 0 Å². The Morgan fingerprint density at radius 3 is 2.67 bits per heavy atom. The number of piperidine rings is 1. The summed E-state index contributed by atoms with van der Waals surface area (Å²) in [4.78, 5) is 14.1. The number of carbonyl (C=O) groups is 1. The molecule has 6 heteroatoms. The Morgan fingerprint density at radius 1 is 1.11 bits per heavy atom. The SMILES string of the molecule is COc1ccc(NC(=S)Nc2cc(C)ccc2C)cc1N1CCCCC1=O. The maximum absolute atomic E-state index is 12.3. The van der Waals surface area contributed by atoms with Gasteiger partial charge in [-0.15, -0.1) is 0 Å². The summed E-state index contributed by atoms with van der Waals surface area (Å²) >= 11 is 5.47. The average Bonchev–Trinajstić information content (AvgIpc) is 2.65. The van der Waals surface area contributed by atoms with Crippen LogP contribution in [0.25, 0.3) is 0 Å². The molecule has 0 saturated carbocycles. The first-order chi connectivity index (χ1) is 13.0. The number of hydrogen-bond acceptors (Lipinski definition) is 3. The van der Waals surface area contributed by atoms with E-state index < -0.39 is 0 Å². The summed E-state index contributed by atoms with van der Waals surface area (Å²) in [5, 5.41) is 6.96. The Morgan fingerprint density at radius 2 is 1.93 bits per heavy atom. The predicted molar refractivity (Wildman–Crippen MR) is 115 cm³/mol. The zero-order valence-corrected chi connectivity index (χ0v) is 16.8. The van der Waals surface area contributed by atoms with Crippen molar-refractivity contribution in [2.75, 3.05) is 29.2 Å². The molecule has 3 rings (SSSR count). The van der Waals surface area contributed by atoms with E-state index in [9.17, 15) is 4.79 Å². The fourth-order valence-corrected chi connectivity index (χ4v) is 3.42. The highest BCUT2D eigenvalue weighted by Crippen LogP contribution is 2.33. The number of nitrogens with zero attached hydrogens (tertiary/aromatic N) is 1. The van der Waals surface area contributed by atoms with Crippen LogP contribution in [-0.2, 0) is 4.79 Å². The highest BCUT2D eigenvalue weighted by Gasteiger charge is 2.23. The topological polar surface area (TPSA) is 53.6 Å². The number of thiocarbonyl (C=S) groups is 1. The van der Waals surface area contributed by atoms with Gasteiger partial charge in [-0.05, 0) is 74.3 Å². The third kappa shape index (κ3) is 4.57. The molecule has 1 aliphatic heterocycles. The average molecular weight is 384 g/mol. The van der Waals surface area contributed by atoms with Crippen molar-refractivity contribution >= 4 is 40.3 Å². The number of nitrogens with one attached hydrogen (secondary N) is 2. The van der Waals surface area contributed by atoms with Crippen LogP contribution in [0.1, 0.15) is 30.4 Å². The van der Waals surface area contributed by atoms with Crippen LogP contribution < -0.4 is 20.3 Å². The molecule has 1 aliphatic rings. The summed E-state index contributed by atoms with van der Waals surface area (Å²) in [6.07, 6.45) is 2.52. The minimum Gasteiger partial charge on any atom is -0.495 e. The summed E-state index contributed by atoms with van der Waals surface area (Å²) in [6.45, 7) is 4.80. The number of hydrogen-bond donors (Lipinski definition) is 2. The zero-order valence-electron chi connectivity index (χ0n) is 16.0. The fraction of sp³-hybridized carbons (Fsp3) is 0.333. The molecule has 0 unspecified atom stereocenters. The van der Waals surface area contributed by atoms with Crippen LogP contribution in [-0.4, -0.2) is 24.7 Å². The predicted octanol–water partition coefficient (Wildman–Crippen LogP) is 4.64. The number of aryl methyl sites for hydroxylation is 2. The summed E-state index contributed by atoms with van der Waals surface area (Å²) in [6, 6.07) is 11.9. The second-order valence-corrected chi connectivity index (χ2v) is 7.19. The normalized spacial score (nSPS) is 14.0. The number of rotatable bonds is 4. The van der Waals surface area contributed by atoms with Crippen molar-refractivity contribution in [2.45, 2.75) is 33.1 Å². The lowest BCUT2D eigenvalue weighted by Crippen LogP contribution is -2.35. The maximum Gasteiger partial charge on any atom is 0.227 e. The first kappa shape index (κ1) is 19.2. The molecule has 2 N–H and O–H groups in total. The van der Waals surface area contributed by atoms with Crippen molar-refractivity contribution < 1.29 is 9.53 Å². The van der Waals surface area contributed by atoms with Crippen LogP contribution in [0.4, 0.5) is 17.1 Å². The van der Waals surface area contributed by atoms with E-state index >= 15 is 0 Å². The van der Waals surface area contributed by atoms with E-state index in [2.05, 4.69) is 28.8 Å². The molecule has 0 aromatic heterocycles. The Bertz CT molecular complexity index is 867. The number of methoxy groups -OCH3 is 1. The number of ether oxygens (including phenoxy) is 1. The second kappa shape index (κ2) is 8.39. The summed E-state index contributed by atoms with van der Waals surface area (Å²) in [5.41, 5.74) is 4.86. The van der Waals surface area contributed by atoms with E-state index in [0.717, 1.165) is 35.5 Å². The molecule has 142 valence electrons. The number of anilines is 3. The molecule has 1 saturated heterocycles. The molecule has 2 aromatic rings. The fourth-order valence-electron chi connectivity index (χ4n) is 3.19. The highest BCUT2D eigenvalue weighted by molar-refractivity contribution is 7.80. The van der Waals surface area contributed by atoms with E-state index in [0.29, 0.717) is 23.8 Å². The number of carbonyl (C=O) groups excluding carboxylic acids is 1. The molecule has 0 atom stereocenters. The van der Waals surface area contributed by atoms with Crippen LogP contribution in [0, 0.1) is 13.8 Å². The quantitative estimate of drug-likeness (QED) is 0.754. The Hall–Kier alpha value is -2.60. The molecule has 0 radical (unpaired) electrons. The van der Waals surface area contributed by atoms with Gasteiger partial charge in [0, 0.05) is 24.3 Å².